The van der Waals surface area contributed by atoms with Gasteiger partial charge in [-0.1, -0.05) is 30.3 Å². The first-order chi connectivity index (χ1) is 8.18. The number of aliphatic hydroxyl groups is 1. The molecular weight excluding hydrogens is 214 g/mol. The van der Waals surface area contributed by atoms with E-state index in [1.807, 2.05) is 25.1 Å². The van der Waals surface area contributed by atoms with Gasteiger partial charge in [0.15, 0.2) is 0 Å². The molecule has 3 nitrogen and oxygen atoms in total. The summed E-state index contributed by atoms with van der Waals surface area (Å²) in [7, 11) is 0. The van der Waals surface area contributed by atoms with Crippen molar-refractivity contribution < 1.29 is 9.84 Å². The monoisotopic (exact) mass is 235 g/mol. The predicted octanol–water partition coefficient (Wildman–Crippen LogP) is 1.71. The van der Waals surface area contributed by atoms with Crippen LogP contribution in [-0.2, 0) is 11.3 Å². The average molecular weight is 235 g/mol. The molecule has 1 saturated heterocycles. The van der Waals surface area contributed by atoms with Gasteiger partial charge in [0.1, 0.15) is 0 Å². The van der Waals surface area contributed by atoms with Crippen LogP contribution in [0.4, 0.5) is 0 Å². The lowest BCUT2D eigenvalue weighted by Crippen LogP contribution is -2.47. The number of hydrogen-bond donors (Lipinski definition) is 2. The minimum Gasteiger partial charge on any atom is -0.388 e. The molecule has 0 amide bonds. The Kier molecular flexibility index (Phi) is 4.15. The van der Waals surface area contributed by atoms with Gasteiger partial charge in [-0.25, -0.2) is 0 Å². The maximum absolute atomic E-state index is 10.4. The standard InChI is InChI=1S/C14H21NO2/c1-12-9-14(16,7-8-17-12)11-15-10-13-5-3-2-4-6-13/h2-6,12,15-16H,7-11H2,1H3. The Balaban J connectivity index is 1.78. The van der Waals surface area contributed by atoms with Gasteiger partial charge < -0.3 is 15.2 Å². The number of ether oxygens (including phenoxy) is 1. The van der Waals surface area contributed by atoms with E-state index in [0.717, 1.165) is 19.4 Å². The minimum atomic E-state index is -0.605. The van der Waals surface area contributed by atoms with Crippen molar-refractivity contribution >= 4 is 0 Å². The topological polar surface area (TPSA) is 41.5 Å². The first-order valence-electron chi connectivity index (χ1n) is 6.27. The van der Waals surface area contributed by atoms with Gasteiger partial charge in [0.2, 0.25) is 0 Å². The number of benzene rings is 1. The van der Waals surface area contributed by atoms with Crippen LogP contribution in [0, 0.1) is 0 Å². The molecule has 1 aliphatic heterocycles. The van der Waals surface area contributed by atoms with Crippen molar-refractivity contribution in [1.82, 2.24) is 5.32 Å². The molecule has 2 N–H and O–H groups in total. The number of hydrogen-bond acceptors (Lipinski definition) is 3. The smallest absolute Gasteiger partial charge is 0.0818 e. The third-order valence-corrected chi connectivity index (χ3v) is 3.26. The van der Waals surface area contributed by atoms with E-state index in [1.54, 1.807) is 0 Å². The first kappa shape index (κ1) is 12.6. The van der Waals surface area contributed by atoms with Gasteiger partial charge in [0.05, 0.1) is 11.7 Å². The molecular formula is C14H21NO2. The zero-order valence-electron chi connectivity index (χ0n) is 10.4. The Morgan fingerprint density at radius 1 is 1.41 bits per heavy atom. The molecule has 1 aliphatic rings. The van der Waals surface area contributed by atoms with Crippen LogP contribution in [0.1, 0.15) is 25.3 Å². The summed E-state index contributed by atoms with van der Waals surface area (Å²) >= 11 is 0. The zero-order valence-corrected chi connectivity index (χ0v) is 10.4. The molecule has 0 aromatic heterocycles. The molecule has 0 spiro atoms. The fourth-order valence-electron chi connectivity index (χ4n) is 2.34. The molecule has 17 heavy (non-hydrogen) atoms. The summed E-state index contributed by atoms with van der Waals surface area (Å²) < 4.78 is 5.45. The Morgan fingerprint density at radius 2 is 2.18 bits per heavy atom. The Labute approximate surface area is 103 Å². The largest absolute Gasteiger partial charge is 0.388 e. The van der Waals surface area contributed by atoms with Gasteiger partial charge in [-0.2, -0.15) is 0 Å². The number of nitrogens with one attached hydrogen (secondary N) is 1. The fourth-order valence-corrected chi connectivity index (χ4v) is 2.34. The fraction of sp³-hybridized carbons (Fsp3) is 0.571. The van der Waals surface area contributed by atoms with Crippen LogP contribution < -0.4 is 5.32 Å². The molecule has 1 fully saturated rings. The summed E-state index contributed by atoms with van der Waals surface area (Å²) in [5, 5.41) is 13.7. The second-order valence-corrected chi connectivity index (χ2v) is 4.95. The minimum absolute atomic E-state index is 0.160. The lowest BCUT2D eigenvalue weighted by atomic mass is 9.91. The summed E-state index contributed by atoms with van der Waals surface area (Å²) in [4.78, 5) is 0. The first-order valence-corrected chi connectivity index (χ1v) is 6.27. The van der Waals surface area contributed by atoms with Crippen LogP contribution in [-0.4, -0.2) is 30.0 Å². The van der Waals surface area contributed by atoms with Crippen molar-refractivity contribution in [1.29, 1.82) is 0 Å². The lowest BCUT2D eigenvalue weighted by molar-refractivity contribution is -0.0951. The van der Waals surface area contributed by atoms with Crippen molar-refractivity contribution in [2.75, 3.05) is 13.2 Å². The highest BCUT2D eigenvalue weighted by molar-refractivity contribution is 5.14. The molecule has 0 bridgehead atoms. The highest BCUT2D eigenvalue weighted by atomic mass is 16.5. The maximum atomic E-state index is 10.4. The van der Waals surface area contributed by atoms with Gasteiger partial charge in [-0.3, -0.25) is 0 Å². The van der Waals surface area contributed by atoms with E-state index in [2.05, 4.69) is 17.4 Å². The van der Waals surface area contributed by atoms with Gasteiger partial charge in [0.25, 0.3) is 0 Å². The lowest BCUT2D eigenvalue weighted by Gasteiger charge is -2.35. The van der Waals surface area contributed by atoms with Crippen LogP contribution in [0.2, 0.25) is 0 Å². The number of rotatable bonds is 4. The maximum Gasteiger partial charge on any atom is 0.0818 e. The van der Waals surface area contributed by atoms with Gasteiger partial charge in [0, 0.05) is 32.5 Å². The molecule has 1 aromatic rings. The van der Waals surface area contributed by atoms with Crippen molar-refractivity contribution in [3.63, 3.8) is 0 Å². The molecule has 2 rings (SSSR count). The van der Waals surface area contributed by atoms with E-state index in [9.17, 15) is 5.11 Å². The van der Waals surface area contributed by atoms with E-state index in [0.29, 0.717) is 13.2 Å². The normalized spacial score (nSPS) is 29.2. The molecule has 94 valence electrons. The summed E-state index contributed by atoms with van der Waals surface area (Å²) in [6.07, 6.45) is 1.60. The summed E-state index contributed by atoms with van der Waals surface area (Å²) in [5.41, 5.74) is 0.642. The second-order valence-electron chi connectivity index (χ2n) is 4.95. The van der Waals surface area contributed by atoms with Crippen molar-refractivity contribution in [3.05, 3.63) is 35.9 Å². The molecule has 0 radical (unpaired) electrons. The highest BCUT2D eigenvalue weighted by Gasteiger charge is 2.32. The molecule has 2 unspecified atom stereocenters. The SMILES string of the molecule is CC1CC(O)(CNCc2ccccc2)CCO1. The van der Waals surface area contributed by atoms with Gasteiger partial charge in [-0.15, -0.1) is 0 Å². The molecule has 0 saturated carbocycles. The van der Waals surface area contributed by atoms with E-state index in [1.165, 1.54) is 5.56 Å². The highest BCUT2D eigenvalue weighted by Crippen LogP contribution is 2.23. The van der Waals surface area contributed by atoms with E-state index >= 15 is 0 Å². The third kappa shape index (κ3) is 3.80. The van der Waals surface area contributed by atoms with Gasteiger partial charge in [-0.05, 0) is 12.5 Å². The average Bonchev–Trinajstić information content (AvgIpc) is 2.30. The van der Waals surface area contributed by atoms with Gasteiger partial charge >= 0.3 is 0 Å². The summed E-state index contributed by atoms with van der Waals surface area (Å²) in [6.45, 7) is 4.11. The van der Waals surface area contributed by atoms with Crippen LogP contribution in [0.5, 0.6) is 0 Å². The van der Waals surface area contributed by atoms with Crippen LogP contribution in [0.15, 0.2) is 30.3 Å². The van der Waals surface area contributed by atoms with Crippen molar-refractivity contribution in [2.24, 2.45) is 0 Å². The summed E-state index contributed by atoms with van der Waals surface area (Å²) in [5.74, 6) is 0. The predicted molar refractivity (Wildman–Crippen MR) is 67.7 cm³/mol. The zero-order chi connectivity index (χ0) is 12.1. The molecule has 3 heteroatoms. The summed E-state index contributed by atoms with van der Waals surface area (Å²) in [6, 6.07) is 10.2. The second kappa shape index (κ2) is 5.63. The van der Waals surface area contributed by atoms with Crippen LogP contribution in [0.25, 0.3) is 0 Å². The van der Waals surface area contributed by atoms with Crippen molar-refractivity contribution in [3.8, 4) is 0 Å². The van der Waals surface area contributed by atoms with Crippen LogP contribution in [0.3, 0.4) is 0 Å². The third-order valence-electron chi connectivity index (χ3n) is 3.26. The molecule has 0 aliphatic carbocycles. The Bertz CT molecular complexity index is 341. The van der Waals surface area contributed by atoms with E-state index in [-0.39, 0.29) is 6.10 Å². The van der Waals surface area contributed by atoms with E-state index in [4.69, 9.17) is 4.74 Å². The Hall–Kier alpha value is -0.900. The molecule has 1 aromatic carbocycles. The molecule has 1 heterocycles. The van der Waals surface area contributed by atoms with E-state index < -0.39 is 5.60 Å². The Morgan fingerprint density at radius 3 is 2.88 bits per heavy atom. The van der Waals surface area contributed by atoms with Crippen LogP contribution >= 0.6 is 0 Å². The quantitative estimate of drug-likeness (QED) is 0.834. The molecule has 2 atom stereocenters. The van der Waals surface area contributed by atoms with Crippen molar-refractivity contribution in [2.45, 2.75) is 38.0 Å².